The van der Waals surface area contributed by atoms with E-state index in [2.05, 4.69) is 0 Å². The number of esters is 4. The first-order valence-corrected chi connectivity index (χ1v) is 13.5. The van der Waals surface area contributed by atoms with Gasteiger partial charge < -0.3 is 23.7 Å². The molecule has 43 heavy (non-hydrogen) atoms. The average molecular weight is 581 g/mol. The first kappa shape index (κ1) is 29.2. The lowest BCUT2D eigenvalue weighted by Crippen LogP contribution is -2.53. The molecule has 4 aromatic rings. The molecular formula is C34H28O9. The van der Waals surface area contributed by atoms with Gasteiger partial charge in [0.1, 0.15) is 12.7 Å². The summed E-state index contributed by atoms with van der Waals surface area (Å²) >= 11 is 0. The van der Waals surface area contributed by atoms with Gasteiger partial charge in [-0.3, -0.25) is 0 Å². The third-order valence-corrected chi connectivity index (χ3v) is 6.85. The zero-order valence-electron chi connectivity index (χ0n) is 23.2. The normalized spacial score (nSPS) is 20.9. The van der Waals surface area contributed by atoms with E-state index < -0.39 is 54.6 Å². The molecule has 0 N–H and O–H groups in total. The molecule has 0 radical (unpaired) electrons. The van der Waals surface area contributed by atoms with Crippen molar-refractivity contribution in [1.29, 1.82) is 0 Å². The Morgan fingerprint density at radius 1 is 0.581 bits per heavy atom. The fourth-order valence-corrected chi connectivity index (χ4v) is 4.58. The molecular weight excluding hydrogens is 552 g/mol. The van der Waals surface area contributed by atoms with Gasteiger partial charge in [-0.1, -0.05) is 72.8 Å². The molecule has 218 valence electrons. The molecule has 0 spiro atoms. The fraction of sp³-hybridized carbons (Fsp3) is 0.176. The minimum absolute atomic E-state index is 0.212. The topological polar surface area (TPSA) is 114 Å². The van der Waals surface area contributed by atoms with Gasteiger partial charge in [-0.2, -0.15) is 0 Å². The summed E-state index contributed by atoms with van der Waals surface area (Å²) in [4.78, 5) is 52.5. The molecule has 3 unspecified atom stereocenters. The summed E-state index contributed by atoms with van der Waals surface area (Å²) in [5.74, 6) is -2.92. The van der Waals surface area contributed by atoms with Crippen molar-refractivity contribution in [1.82, 2.24) is 0 Å². The molecule has 9 nitrogen and oxygen atoms in total. The number of benzene rings is 4. The van der Waals surface area contributed by atoms with Crippen LogP contribution in [-0.4, -0.2) is 54.6 Å². The van der Waals surface area contributed by atoms with E-state index in [-0.39, 0.29) is 16.7 Å². The van der Waals surface area contributed by atoms with E-state index in [0.717, 1.165) is 0 Å². The van der Waals surface area contributed by atoms with Crippen molar-refractivity contribution < 1.29 is 42.9 Å². The highest BCUT2D eigenvalue weighted by atomic mass is 16.8. The van der Waals surface area contributed by atoms with Crippen LogP contribution in [0.15, 0.2) is 121 Å². The van der Waals surface area contributed by atoms with Crippen LogP contribution in [0.25, 0.3) is 0 Å². The molecule has 0 bridgehead atoms. The van der Waals surface area contributed by atoms with Crippen LogP contribution in [0.3, 0.4) is 0 Å². The molecule has 1 fully saturated rings. The molecule has 0 amide bonds. The van der Waals surface area contributed by atoms with E-state index in [1.54, 1.807) is 121 Å². The van der Waals surface area contributed by atoms with Gasteiger partial charge in [0.15, 0.2) is 6.10 Å². The van der Waals surface area contributed by atoms with Gasteiger partial charge in [0.05, 0.1) is 22.3 Å². The third kappa shape index (κ3) is 6.79. The van der Waals surface area contributed by atoms with E-state index in [9.17, 15) is 19.2 Å². The zero-order chi connectivity index (χ0) is 30.2. The smallest absolute Gasteiger partial charge is 0.340 e. The van der Waals surface area contributed by atoms with Gasteiger partial charge in [-0.15, -0.1) is 0 Å². The quantitative estimate of drug-likeness (QED) is 0.193. The van der Waals surface area contributed by atoms with E-state index in [1.807, 2.05) is 0 Å². The van der Waals surface area contributed by atoms with E-state index >= 15 is 0 Å². The second kappa shape index (κ2) is 13.1. The highest BCUT2D eigenvalue weighted by Gasteiger charge is 2.61. The van der Waals surface area contributed by atoms with Crippen LogP contribution in [0.4, 0.5) is 0 Å². The number of hydrogen-bond acceptors (Lipinski definition) is 9. The highest BCUT2D eigenvalue weighted by Crippen LogP contribution is 2.39. The Hall–Kier alpha value is -5.28. The predicted octanol–water partition coefficient (Wildman–Crippen LogP) is 5.27. The Balaban J connectivity index is 1.48. The first-order chi connectivity index (χ1) is 20.8. The van der Waals surface area contributed by atoms with Gasteiger partial charge in [0.25, 0.3) is 0 Å². The summed E-state index contributed by atoms with van der Waals surface area (Å²) in [6, 6.07) is 32.8. The summed E-state index contributed by atoms with van der Waals surface area (Å²) in [6.45, 7) is 1.04. The molecule has 4 atom stereocenters. The molecule has 1 aliphatic rings. The number of rotatable bonds is 9. The minimum Gasteiger partial charge on any atom is -0.459 e. The largest absolute Gasteiger partial charge is 0.459 e. The van der Waals surface area contributed by atoms with Crippen LogP contribution in [-0.2, 0) is 23.7 Å². The predicted molar refractivity (Wildman–Crippen MR) is 153 cm³/mol. The summed E-state index contributed by atoms with van der Waals surface area (Å²) < 4.78 is 29.1. The summed E-state index contributed by atoms with van der Waals surface area (Å²) in [6.07, 6.45) is -4.07. The number of carbonyl (C=O) groups excluding carboxylic acids is 4. The monoisotopic (exact) mass is 580 g/mol. The summed E-state index contributed by atoms with van der Waals surface area (Å²) in [5, 5.41) is 0. The van der Waals surface area contributed by atoms with Crippen LogP contribution in [0.2, 0.25) is 0 Å². The Labute approximate surface area is 247 Å². The van der Waals surface area contributed by atoms with E-state index in [1.165, 1.54) is 6.92 Å². The van der Waals surface area contributed by atoms with Crippen LogP contribution < -0.4 is 0 Å². The van der Waals surface area contributed by atoms with Gasteiger partial charge in [-0.05, 0) is 55.5 Å². The molecule has 5 rings (SSSR count). The van der Waals surface area contributed by atoms with Gasteiger partial charge >= 0.3 is 23.9 Å². The van der Waals surface area contributed by atoms with E-state index in [4.69, 9.17) is 23.7 Å². The van der Waals surface area contributed by atoms with Crippen LogP contribution in [0.1, 0.15) is 48.4 Å². The summed E-state index contributed by atoms with van der Waals surface area (Å²) in [5.41, 5.74) is -0.901. The Bertz CT molecular complexity index is 1560. The zero-order valence-corrected chi connectivity index (χ0v) is 23.2. The summed E-state index contributed by atoms with van der Waals surface area (Å²) in [7, 11) is 0. The lowest BCUT2D eigenvalue weighted by atomic mass is 9.96. The van der Waals surface area contributed by atoms with Crippen molar-refractivity contribution in [3.63, 3.8) is 0 Å². The molecule has 1 heterocycles. The molecule has 1 saturated heterocycles. The highest BCUT2D eigenvalue weighted by molar-refractivity contribution is 5.91. The maximum Gasteiger partial charge on any atom is 0.340 e. The average Bonchev–Trinajstić information content (AvgIpc) is 3.30. The van der Waals surface area contributed by atoms with Gasteiger partial charge in [0, 0.05) is 0 Å². The van der Waals surface area contributed by atoms with Crippen LogP contribution in [0, 0.1) is 0 Å². The number of hydrogen-bond donors (Lipinski definition) is 0. The molecule has 9 heteroatoms. The van der Waals surface area contributed by atoms with Gasteiger partial charge in [0.2, 0.25) is 11.9 Å². The Morgan fingerprint density at radius 2 is 0.977 bits per heavy atom. The van der Waals surface area contributed by atoms with Crippen molar-refractivity contribution in [2.45, 2.75) is 31.0 Å². The lowest BCUT2D eigenvalue weighted by Gasteiger charge is -2.33. The van der Waals surface area contributed by atoms with Crippen molar-refractivity contribution in [3.8, 4) is 0 Å². The van der Waals surface area contributed by atoms with Crippen molar-refractivity contribution in [3.05, 3.63) is 144 Å². The van der Waals surface area contributed by atoms with E-state index in [0.29, 0.717) is 5.56 Å². The number of ether oxygens (including phenoxy) is 5. The third-order valence-electron chi connectivity index (χ3n) is 6.85. The molecule has 1 aliphatic heterocycles. The Kier molecular flexibility index (Phi) is 8.93. The fourth-order valence-electron chi connectivity index (χ4n) is 4.58. The SMILES string of the molecule is CC1(OC(=O)c2ccccc2)C(OC(=O)c2ccccc2)O[C@H](COC(=O)c2ccccc2)C1OC(=O)c1ccccc1. The molecule has 4 aromatic carbocycles. The Morgan fingerprint density at radius 3 is 1.44 bits per heavy atom. The standard InChI is InChI=1S/C34H28O9/c1-34(43-32(38)26-20-12-5-13-21-26)28(41-30(36)24-16-8-3-9-17-24)27(22-39-29(35)23-14-6-2-7-15-23)40-33(34)42-31(37)25-18-10-4-11-19-25/h2-21,27-28,33H,22H2,1H3/t27-,28?,33?,34?/m1/s1. The maximum absolute atomic E-state index is 13.3. The lowest BCUT2D eigenvalue weighted by molar-refractivity contribution is -0.175. The minimum atomic E-state index is -1.86. The first-order valence-electron chi connectivity index (χ1n) is 13.5. The number of carbonyl (C=O) groups is 4. The van der Waals surface area contributed by atoms with Crippen LogP contribution in [0.5, 0.6) is 0 Å². The molecule has 0 aromatic heterocycles. The van der Waals surface area contributed by atoms with Crippen molar-refractivity contribution >= 4 is 23.9 Å². The maximum atomic E-state index is 13.3. The van der Waals surface area contributed by atoms with Gasteiger partial charge in [-0.25, -0.2) is 19.2 Å². The van der Waals surface area contributed by atoms with Crippen molar-refractivity contribution in [2.75, 3.05) is 6.61 Å². The van der Waals surface area contributed by atoms with Crippen LogP contribution >= 0.6 is 0 Å². The molecule has 0 aliphatic carbocycles. The second-order valence-corrected chi connectivity index (χ2v) is 9.87. The molecule has 0 saturated carbocycles. The van der Waals surface area contributed by atoms with Crippen molar-refractivity contribution in [2.24, 2.45) is 0 Å². The second-order valence-electron chi connectivity index (χ2n) is 9.87.